The zero-order valence-corrected chi connectivity index (χ0v) is 17.2. The second kappa shape index (κ2) is 21.3. The number of carbonyl (C=O) groups excluding carboxylic acids is 1. The van der Waals surface area contributed by atoms with Crippen LogP contribution in [0.2, 0.25) is 0 Å². The van der Waals surface area contributed by atoms with Crippen molar-refractivity contribution in [2.45, 2.75) is 123 Å². The third-order valence-electron chi connectivity index (χ3n) is 4.69. The van der Waals surface area contributed by atoms with E-state index in [2.05, 4.69) is 13.8 Å². The van der Waals surface area contributed by atoms with Crippen LogP contribution in [-0.4, -0.2) is 19.4 Å². The van der Waals surface area contributed by atoms with Crippen molar-refractivity contribution < 1.29 is 14.3 Å². The van der Waals surface area contributed by atoms with E-state index in [1.165, 1.54) is 83.5 Å². The Balaban J connectivity index is 3.12. The highest BCUT2D eigenvalue weighted by Gasteiger charge is 2.03. The quantitative estimate of drug-likeness (QED) is 0.175. The summed E-state index contributed by atoms with van der Waals surface area (Å²) >= 11 is 0. The summed E-state index contributed by atoms with van der Waals surface area (Å²) in [6.45, 7) is 5.49. The van der Waals surface area contributed by atoms with E-state index in [0.29, 0.717) is 13.2 Å². The average Bonchev–Trinajstić information content (AvgIpc) is 2.62. The van der Waals surface area contributed by atoms with E-state index in [-0.39, 0.29) is 0 Å². The molecule has 0 N–H and O–H groups in total. The van der Waals surface area contributed by atoms with Gasteiger partial charge in [-0.1, -0.05) is 110 Å². The van der Waals surface area contributed by atoms with Crippen molar-refractivity contribution in [2.75, 3.05) is 13.2 Å². The normalized spacial score (nSPS) is 10.8. The van der Waals surface area contributed by atoms with E-state index in [1.807, 2.05) is 0 Å². The molecule has 3 heteroatoms. The fourth-order valence-corrected chi connectivity index (χ4v) is 3.00. The number of ether oxygens (including phenoxy) is 2. The van der Waals surface area contributed by atoms with Crippen molar-refractivity contribution >= 4 is 6.16 Å². The molecule has 0 saturated heterocycles. The van der Waals surface area contributed by atoms with E-state index in [4.69, 9.17) is 9.47 Å². The number of hydrogen-bond acceptors (Lipinski definition) is 3. The Kier molecular flexibility index (Phi) is 20.7. The number of unbranched alkanes of at least 4 members (excludes halogenated alkanes) is 15. The molecular formula is C22H44O3. The molecule has 0 aliphatic heterocycles. The molecule has 0 spiro atoms. The van der Waals surface area contributed by atoms with Crippen LogP contribution in [0.1, 0.15) is 123 Å². The van der Waals surface area contributed by atoms with Gasteiger partial charge in [-0.05, 0) is 12.8 Å². The molecule has 150 valence electrons. The zero-order valence-electron chi connectivity index (χ0n) is 17.2. The molecular weight excluding hydrogens is 312 g/mol. The molecule has 25 heavy (non-hydrogen) atoms. The molecule has 0 aromatic carbocycles. The van der Waals surface area contributed by atoms with Crippen LogP contribution in [0.15, 0.2) is 0 Å². The summed E-state index contributed by atoms with van der Waals surface area (Å²) in [5, 5.41) is 0. The smallest absolute Gasteiger partial charge is 0.434 e. The first kappa shape index (κ1) is 24.3. The second-order valence-corrected chi connectivity index (χ2v) is 7.25. The van der Waals surface area contributed by atoms with Crippen molar-refractivity contribution in [3.8, 4) is 0 Å². The van der Waals surface area contributed by atoms with Gasteiger partial charge in [0.15, 0.2) is 0 Å². The molecule has 0 aliphatic carbocycles. The lowest BCUT2D eigenvalue weighted by atomic mass is 10.1. The summed E-state index contributed by atoms with van der Waals surface area (Å²) < 4.78 is 10.2. The molecule has 0 unspecified atom stereocenters. The maximum absolute atomic E-state index is 11.4. The minimum Gasteiger partial charge on any atom is -0.434 e. The molecule has 0 amide bonds. The lowest BCUT2D eigenvalue weighted by Crippen LogP contribution is -2.09. The van der Waals surface area contributed by atoms with Crippen LogP contribution in [0.4, 0.5) is 4.79 Å². The second-order valence-electron chi connectivity index (χ2n) is 7.25. The Morgan fingerprint density at radius 2 is 0.760 bits per heavy atom. The Labute approximate surface area is 157 Å². The van der Waals surface area contributed by atoms with Crippen LogP contribution in [0.25, 0.3) is 0 Å². The molecule has 0 atom stereocenters. The van der Waals surface area contributed by atoms with Crippen molar-refractivity contribution in [3.05, 3.63) is 0 Å². The third kappa shape index (κ3) is 21.2. The predicted octanol–water partition coefficient (Wildman–Crippen LogP) is 7.81. The minimum absolute atomic E-state index is 0.486. The highest BCUT2D eigenvalue weighted by Crippen LogP contribution is 2.11. The largest absolute Gasteiger partial charge is 0.508 e. The van der Waals surface area contributed by atoms with Gasteiger partial charge in [0.05, 0.1) is 13.2 Å². The monoisotopic (exact) mass is 356 g/mol. The van der Waals surface area contributed by atoms with Gasteiger partial charge in [-0.2, -0.15) is 0 Å². The minimum atomic E-state index is -0.486. The van der Waals surface area contributed by atoms with Gasteiger partial charge in [0, 0.05) is 0 Å². The summed E-state index contributed by atoms with van der Waals surface area (Å²) in [5.41, 5.74) is 0. The zero-order chi connectivity index (χ0) is 18.4. The summed E-state index contributed by atoms with van der Waals surface area (Å²) in [6, 6.07) is 0. The first-order chi connectivity index (χ1) is 12.3. The maximum Gasteiger partial charge on any atom is 0.508 e. The molecule has 0 saturated carbocycles. The van der Waals surface area contributed by atoms with Crippen molar-refractivity contribution in [2.24, 2.45) is 0 Å². The summed E-state index contributed by atoms with van der Waals surface area (Å²) in [6.07, 6.45) is 21.1. The van der Waals surface area contributed by atoms with Crippen LogP contribution >= 0.6 is 0 Å². The third-order valence-corrected chi connectivity index (χ3v) is 4.69. The van der Waals surface area contributed by atoms with Crippen molar-refractivity contribution in [3.63, 3.8) is 0 Å². The van der Waals surface area contributed by atoms with Gasteiger partial charge in [-0.3, -0.25) is 0 Å². The SMILES string of the molecule is CCCCCCCCCCCCCOC(=O)OCCCCCCCC. The van der Waals surface area contributed by atoms with Crippen LogP contribution < -0.4 is 0 Å². The standard InChI is InChI=1S/C22H44O3/c1-3-5-7-9-11-12-13-14-15-17-19-21-25-22(23)24-20-18-16-10-8-6-4-2/h3-21H2,1-2H3. The van der Waals surface area contributed by atoms with Gasteiger partial charge in [-0.15, -0.1) is 0 Å². The van der Waals surface area contributed by atoms with Gasteiger partial charge in [0.1, 0.15) is 0 Å². The Morgan fingerprint density at radius 3 is 1.08 bits per heavy atom. The lowest BCUT2D eigenvalue weighted by molar-refractivity contribution is 0.0529. The Morgan fingerprint density at radius 1 is 0.480 bits per heavy atom. The molecule has 0 fully saturated rings. The highest BCUT2D eigenvalue weighted by atomic mass is 16.7. The summed E-state index contributed by atoms with van der Waals surface area (Å²) in [4.78, 5) is 11.4. The van der Waals surface area contributed by atoms with Gasteiger partial charge >= 0.3 is 6.16 Å². The first-order valence-electron chi connectivity index (χ1n) is 11.1. The number of carbonyl (C=O) groups is 1. The van der Waals surface area contributed by atoms with Gasteiger partial charge < -0.3 is 9.47 Å². The molecule has 3 nitrogen and oxygen atoms in total. The van der Waals surface area contributed by atoms with Crippen LogP contribution in [0.5, 0.6) is 0 Å². The molecule has 0 aromatic rings. The molecule has 0 aromatic heterocycles. The van der Waals surface area contributed by atoms with Crippen LogP contribution in [0.3, 0.4) is 0 Å². The van der Waals surface area contributed by atoms with E-state index in [9.17, 15) is 4.79 Å². The van der Waals surface area contributed by atoms with E-state index in [1.54, 1.807) is 0 Å². The molecule has 0 radical (unpaired) electrons. The van der Waals surface area contributed by atoms with Gasteiger partial charge in [0.25, 0.3) is 0 Å². The maximum atomic E-state index is 11.4. The van der Waals surface area contributed by atoms with E-state index >= 15 is 0 Å². The lowest BCUT2D eigenvalue weighted by Gasteiger charge is -2.06. The molecule has 0 rings (SSSR count). The fourth-order valence-electron chi connectivity index (χ4n) is 3.00. The summed E-state index contributed by atoms with van der Waals surface area (Å²) in [7, 11) is 0. The Hall–Kier alpha value is -0.730. The first-order valence-corrected chi connectivity index (χ1v) is 11.1. The molecule has 0 bridgehead atoms. The fraction of sp³-hybridized carbons (Fsp3) is 0.955. The molecule has 0 aliphatic rings. The van der Waals surface area contributed by atoms with Crippen molar-refractivity contribution in [1.29, 1.82) is 0 Å². The Bertz CT molecular complexity index is 266. The van der Waals surface area contributed by atoms with Gasteiger partial charge in [0.2, 0.25) is 0 Å². The van der Waals surface area contributed by atoms with E-state index in [0.717, 1.165) is 25.7 Å². The highest BCUT2D eigenvalue weighted by molar-refractivity contribution is 5.59. The summed E-state index contributed by atoms with van der Waals surface area (Å²) in [5.74, 6) is 0. The van der Waals surface area contributed by atoms with Crippen LogP contribution in [0, 0.1) is 0 Å². The number of hydrogen-bond donors (Lipinski definition) is 0. The van der Waals surface area contributed by atoms with Gasteiger partial charge in [-0.25, -0.2) is 4.79 Å². The molecule has 0 heterocycles. The predicted molar refractivity (Wildman–Crippen MR) is 107 cm³/mol. The number of rotatable bonds is 19. The average molecular weight is 357 g/mol. The van der Waals surface area contributed by atoms with Crippen LogP contribution in [-0.2, 0) is 9.47 Å². The van der Waals surface area contributed by atoms with E-state index < -0.39 is 6.16 Å². The topological polar surface area (TPSA) is 35.5 Å². The van der Waals surface area contributed by atoms with Crippen molar-refractivity contribution in [1.82, 2.24) is 0 Å².